The van der Waals surface area contributed by atoms with Gasteiger partial charge in [-0.1, -0.05) is 58.9 Å². The number of likely N-dealkylation sites (N-methyl/N-ethyl adjacent to an activating group) is 1. The molecule has 0 bridgehead atoms. The highest BCUT2D eigenvalue weighted by Gasteiger charge is 2.15. The summed E-state index contributed by atoms with van der Waals surface area (Å²) in [5, 5.41) is 0. The van der Waals surface area contributed by atoms with Crippen molar-refractivity contribution in [3.8, 4) is 0 Å². The first-order valence-electron chi connectivity index (χ1n) is 8.22. The van der Waals surface area contributed by atoms with Gasteiger partial charge in [0.2, 0.25) is 0 Å². The quantitative estimate of drug-likeness (QED) is 0.821. The molecule has 2 rings (SSSR count). The molecular formula is C18H32N2. The van der Waals surface area contributed by atoms with Gasteiger partial charge in [-0.25, -0.2) is 0 Å². The molecule has 1 aromatic carbocycles. The molecule has 0 radical (unpaired) electrons. The molecule has 0 saturated carbocycles. The molecule has 2 heteroatoms. The van der Waals surface area contributed by atoms with E-state index in [1.54, 1.807) is 0 Å². The van der Waals surface area contributed by atoms with Crippen LogP contribution in [0.25, 0.3) is 0 Å². The predicted molar refractivity (Wildman–Crippen MR) is 89.3 cm³/mol. The van der Waals surface area contributed by atoms with Crippen molar-refractivity contribution < 1.29 is 0 Å². The van der Waals surface area contributed by atoms with E-state index in [9.17, 15) is 0 Å². The molecule has 1 aromatic rings. The second-order valence-corrected chi connectivity index (χ2v) is 5.61. The van der Waals surface area contributed by atoms with E-state index in [1.807, 2.05) is 13.8 Å². The number of hydrogen-bond acceptors (Lipinski definition) is 2. The van der Waals surface area contributed by atoms with Crippen LogP contribution < -0.4 is 0 Å². The van der Waals surface area contributed by atoms with Gasteiger partial charge in [0, 0.05) is 32.7 Å². The molecule has 0 atom stereocenters. The molecule has 1 heterocycles. The summed E-state index contributed by atoms with van der Waals surface area (Å²) >= 11 is 0. The van der Waals surface area contributed by atoms with Crippen LogP contribution in [-0.2, 0) is 6.54 Å². The van der Waals surface area contributed by atoms with Crippen LogP contribution in [0, 0.1) is 0 Å². The topological polar surface area (TPSA) is 6.48 Å². The van der Waals surface area contributed by atoms with Gasteiger partial charge in [-0.2, -0.15) is 0 Å². The first-order valence-corrected chi connectivity index (χ1v) is 8.22. The zero-order chi connectivity index (χ0) is 15.0. The summed E-state index contributed by atoms with van der Waals surface area (Å²) in [4.78, 5) is 5.09. The number of hydrogen-bond donors (Lipinski definition) is 0. The maximum Gasteiger partial charge on any atom is 0.0234 e. The Morgan fingerprint density at radius 1 is 0.900 bits per heavy atom. The molecule has 20 heavy (non-hydrogen) atoms. The van der Waals surface area contributed by atoms with Gasteiger partial charge >= 0.3 is 0 Å². The van der Waals surface area contributed by atoms with Gasteiger partial charge in [0.15, 0.2) is 0 Å². The van der Waals surface area contributed by atoms with E-state index in [0.717, 1.165) is 6.54 Å². The fraction of sp³-hybridized carbons (Fsp3) is 0.667. The predicted octanol–water partition coefficient (Wildman–Crippen LogP) is 3.97. The molecular weight excluding hydrogens is 244 g/mol. The zero-order valence-corrected chi connectivity index (χ0v) is 14.0. The third kappa shape index (κ3) is 5.26. The van der Waals surface area contributed by atoms with Crippen molar-refractivity contribution in [1.29, 1.82) is 0 Å². The van der Waals surface area contributed by atoms with Crippen LogP contribution in [0.3, 0.4) is 0 Å². The van der Waals surface area contributed by atoms with Crippen molar-refractivity contribution in [3.63, 3.8) is 0 Å². The van der Waals surface area contributed by atoms with Crippen molar-refractivity contribution in [2.75, 3.05) is 32.7 Å². The minimum Gasteiger partial charge on any atom is -0.301 e. The minimum absolute atomic E-state index is 0.632. The van der Waals surface area contributed by atoms with Crippen LogP contribution in [0.15, 0.2) is 24.3 Å². The summed E-state index contributed by atoms with van der Waals surface area (Å²) in [6, 6.07) is 9.15. The van der Waals surface area contributed by atoms with Crippen LogP contribution in [0.1, 0.15) is 51.7 Å². The van der Waals surface area contributed by atoms with Gasteiger partial charge < -0.3 is 4.90 Å². The Kier molecular flexibility index (Phi) is 7.86. The van der Waals surface area contributed by atoms with Gasteiger partial charge in [0.05, 0.1) is 0 Å². The van der Waals surface area contributed by atoms with Crippen LogP contribution in [0.5, 0.6) is 0 Å². The van der Waals surface area contributed by atoms with E-state index in [4.69, 9.17) is 0 Å². The highest BCUT2D eigenvalue weighted by atomic mass is 15.3. The lowest BCUT2D eigenvalue weighted by atomic mass is 10.0. The molecule has 0 aromatic heterocycles. The molecule has 0 spiro atoms. The Hall–Kier alpha value is -0.860. The first kappa shape index (κ1) is 17.2. The highest BCUT2D eigenvalue weighted by molar-refractivity contribution is 5.24. The van der Waals surface area contributed by atoms with Crippen LogP contribution in [-0.4, -0.2) is 42.5 Å². The molecule has 0 amide bonds. The number of nitrogens with zero attached hydrogens (tertiary/aromatic N) is 2. The minimum atomic E-state index is 0.632. The Bertz CT molecular complexity index is 348. The van der Waals surface area contributed by atoms with Crippen LogP contribution in [0.4, 0.5) is 0 Å². The normalized spacial score (nSPS) is 16.9. The summed E-state index contributed by atoms with van der Waals surface area (Å²) in [6.45, 7) is 17.9. The summed E-state index contributed by atoms with van der Waals surface area (Å²) in [5.74, 6) is 0.632. The van der Waals surface area contributed by atoms with E-state index in [-0.39, 0.29) is 0 Å². The zero-order valence-electron chi connectivity index (χ0n) is 14.0. The average Bonchev–Trinajstić information content (AvgIpc) is 2.50. The van der Waals surface area contributed by atoms with Crippen molar-refractivity contribution >= 4 is 0 Å². The number of rotatable bonds is 4. The molecule has 1 saturated heterocycles. The van der Waals surface area contributed by atoms with Crippen LogP contribution in [0.2, 0.25) is 0 Å². The van der Waals surface area contributed by atoms with E-state index in [2.05, 4.69) is 54.8 Å². The fourth-order valence-electron chi connectivity index (χ4n) is 2.53. The molecule has 1 fully saturated rings. The van der Waals surface area contributed by atoms with Gasteiger partial charge in [-0.15, -0.1) is 0 Å². The van der Waals surface area contributed by atoms with Crippen molar-refractivity contribution in [3.05, 3.63) is 35.4 Å². The second-order valence-electron chi connectivity index (χ2n) is 5.61. The molecule has 0 unspecified atom stereocenters. The maximum atomic E-state index is 2.57. The summed E-state index contributed by atoms with van der Waals surface area (Å²) in [7, 11) is 0. The Morgan fingerprint density at radius 2 is 1.40 bits per heavy atom. The van der Waals surface area contributed by atoms with Crippen molar-refractivity contribution in [2.45, 2.75) is 47.1 Å². The number of piperazine rings is 1. The molecule has 0 aliphatic carbocycles. The van der Waals surface area contributed by atoms with E-state index in [0.29, 0.717) is 5.92 Å². The molecule has 1 aliphatic heterocycles. The maximum absolute atomic E-state index is 2.57. The lowest BCUT2D eigenvalue weighted by Gasteiger charge is -2.34. The highest BCUT2D eigenvalue weighted by Crippen LogP contribution is 2.16. The Balaban J connectivity index is 0.000000956. The third-order valence-electron chi connectivity index (χ3n) is 3.96. The Labute approximate surface area is 125 Å². The standard InChI is InChI=1S/C16H26N2.C2H6/c1-4-17-9-11-18(12-10-17)13-15-5-7-16(8-6-15)14(2)3;1-2/h5-8,14H,4,9-13H2,1-3H3;1-2H3. The van der Waals surface area contributed by atoms with E-state index < -0.39 is 0 Å². The van der Waals surface area contributed by atoms with Gasteiger partial charge in [0.1, 0.15) is 0 Å². The SMILES string of the molecule is CC.CCN1CCN(Cc2ccc(C(C)C)cc2)CC1. The molecule has 1 aliphatic rings. The van der Waals surface area contributed by atoms with Gasteiger partial charge in [0.25, 0.3) is 0 Å². The van der Waals surface area contributed by atoms with E-state index >= 15 is 0 Å². The lowest BCUT2D eigenvalue weighted by Crippen LogP contribution is -2.45. The van der Waals surface area contributed by atoms with Crippen LogP contribution >= 0.6 is 0 Å². The van der Waals surface area contributed by atoms with Crippen molar-refractivity contribution in [1.82, 2.24) is 9.80 Å². The smallest absolute Gasteiger partial charge is 0.0234 e. The third-order valence-corrected chi connectivity index (χ3v) is 3.96. The van der Waals surface area contributed by atoms with E-state index in [1.165, 1.54) is 43.9 Å². The average molecular weight is 276 g/mol. The summed E-state index contributed by atoms with van der Waals surface area (Å²) in [6.07, 6.45) is 0. The summed E-state index contributed by atoms with van der Waals surface area (Å²) in [5.41, 5.74) is 2.89. The Morgan fingerprint density at radius 3 is 1.85 bits per heavy atom. The van der Waals surface area contributed by atoms with Crippen molar-refractivity contribution in [2.24, 2.45) is 0 Å². The molecule has 0 N–H and O–H groups in total. The number of benzene rings is 1. The lowest BCUT2D eigenvalue weighted by molar-refractivity contribution is 0.132. The fourth-order valence-corrected chi connectivity index (χ4v) is 2.53. The second kappa shape index (κ2) is 9.15. The van der Waals surface area contributed by atoms with Gasteiger partial charge in [-0.3, -0.25) is 4.90 Å². The first-order chi connectivity index (χ1) is 9.69. The summed E-state index contributed by atoms with van der Waals surface area (Å²) < 4.78 is 0. The monoisotopic (exact) mass is 276 g/mol. The largest absolute Gasteiger partial charge is 0.301 e. The van der Waals surface area contributed by atoms with Gasteiger partial charge in [-0.05, 0) is 23.6 Å². The molecule has 2 nitrogen and oxygen atoms in total. The molecule has 114 valence electrons.